The molecule has 130 valence electrons. The Balaban J connectivity index is 1.53. The molecule has 1 N–H and O–H groups in total. The lowest BCUT2D eigenvalue weighted by Gasteiger charge is -2.08. The molecule has 2 aromatic carbocycles. The SMILES string of the molecule is Cn1ncc(C(=O)NCc2cccc3occc23)c1Cc1ccccc1. The maximum Gasteiger partial charge on any atom is 0.255 e. The van der Waals surface area contributed by atoms with Crippen molar-refractivity contribution in [1.29, 1.82) is 0 Å². The fourth-order valence-electron chi connectivity index (χ4n) is 3.13. The van der Waals surface area contributed by atoms with Crippen LogP contribution in [0, 0.1) is 0 Å². The van der Waals surface area contributed by atoms with Crippen LogP contribution in [-0.4, -0.2) is 15.7 Å². The van der Waals surface area contributed by atoms with Gasteiger partial charge in [0.05, 0.1) is 23.7 Å². The van der Waals surface area contributed by atoms with E-state index in [0.29, 0.717) is 18.5 Å². The van der Waals surface area contributed by atoms with Crippen LogP contribution in [-0.2, 0) is 20.0 Å². The first-order valence-electron chi connectivity index (χ1n) is 8.50. The molecular formula is C21H19N3O2. The van der Waals surface area contributed by atoms with Gasteiger partial charge in [0.1, 0.15) is 5.58 Å². The van der Waals surface area contributed by atoms with Crippen molar-refractivity contribution in [2.24, 2.45) is 7.05 Å². The predicted molar refractivity (Wildman–Crippen MR) is 99.8 cm³/mol. The summed E-state index contributed by atoms with van der Waals surface area (Å²) in [6.07, 6.45) is 3.96. The zero-order valence-electron chi connectivity index (χ0n) is 14.5. The maximum atomic E-state index is 12.7. The number of carbonyl (C=O) groups is 1. The first-order valence-corrected chi connectivity index (χ1v) is 8.50. The van der Waals surface area contributed by atoms with Crippen molar-refractivity contribution in [1.82, 2.24) is 15.1 Å². The lowest BCUT2D eigenvalue weighted by atomic mass is 10.1. The Labute approximate surface area is 151 Å². The lowest BCUT2D eigenvalue weighted by molar-refractivity contribution is 0.0950. The number of aromatic nitrogens is 2. The fourth-order valence-corrected chi connectivity index (χ4v) is 3.13. The molecule has 0 fully saturated rings. The summed E-state index contributed by atoms with van der Waals surface area (Å²) in [5.41, 5.74) is 4.50. The van der Waals surface area contributed by atoms with Gasteiger partial charge < -0.3 is 9.73 Å². The van der Waals surface area contributed by atoms with E-state index in [4.69, 9.17) is 4.42 Å². The summed E-state index contributed by atoms with van der Waals surface area (Å²) < 4.78 is 7.18. The molecule has 2 heterocycles. The number of carbonyl (C=O) groups excluding carboxylic acids is 1. The van der Waals surface area contributed by atoms with Crippen molar-refractivity contribution in [2.75, 3.05) is 0 Å². The van der Waals surface area contributed by atoms with Crippen LogP contribution in [0.1, 0.15) is 27.2 Å². The third-order valence-electron chi connectivity index (χ3n) is 4.55. The predicted octanol–water partition coefficient (Wildman–Crippen LogP) is 3.69. The van der Waals surface area contributed by atoms with Gasteiger partial charge in [-0.25, -0.2) is 0 Å². The molecule has 4 rings (SSSR count). The van der Waals surface area contributed by atoms with Gasteiger partial charge in [-0.2, -0.15) is 5.10 Å². The monoisotopic (exact) mass is 345 g/mol. The van der Waals surface area contributed by atoms with Crippen LogP contribution in [0.25, 0.3) is 11.0 Å². The Kier molecular flexibility index (Phi) is 4.27. The molecule has 26 heavy (non-hydrogen) atoms. The number of amides is 1. The van der Waals surface area contributed by atoms with Crippen LogP contribution in [0.3, 0.4) is 0 Å². The van der Waals surface area contributed by atoms with E-state index >= 15 is 0 Å². The second-order valence-electron chi connectivity index (χ2n) is 6.22. The molecule has 2 aromatic heterocycles. The van der Waals surface area contributed by atoms with E-state index in [1.54, 1.807) is 17.1 Å². The normalized spacial score (nSPS) is 11.0. The van der Waals surface area contributed by atoms with Gasteiger partial charge >= 0.3 is 0 Å². The van der Waals surface area contributed by atoms with Crippen molar-refractivity contribution < 1.29 is 9.21 Å². The van der Waals surface area contributed by atoms with Crippen LogP contribution in [0.4, 0.5) is 0 Å². The summed E-state index contributed by atoms with van der Waals surface area (Å²) >= 11 is 0. The minimum absolute atomic E-state index is 0.121. The topological polar surface area (TPSA) is 60.1 Å². The summed E-state index contributed by atoms with van der Waals surface area (Å²) in [5.74, 6) is -0.121. The van der Waals surface area contributed by atoms with Gasteiger partial charge in [-0.05, 0) is 23.3 Å². The van der Waals surface area contributed by atoms with E-state index in [1.165, 1.54) is 0 Å². The third-order valence-corrected chi connectivity index (χ3v) is 4.55. The molecule has 5 nitrogen and oxygen atoms in total. The van der Waals surface area contributed by atoms with Crippen LogP contribution in [0.5, 0.6) is 0 Å². The third kappa shape index (κ3) is 3.11. The van der Waals surface area contributed by atoms with E-state index in [1.807, 2.05) is 61.6 Å². The van der Waals surface area contributed by atoms with Gasteiger partial charge in [0, 0.05) is 25.4 Å². The molecule has 0 unspecified atom stereocenters. The van der Waals surface area contributed by atoms with Gasteiger partial charge in [-0.1, -0.05) is 42.5 Å². The first-order chi connectivity index (χ1) is 12.7. The summed E-state index contributed by atoms with van der Waals surface area (Å²) in [4.78, 5) is 12.7. The number of fused-ring (bicyclic) bond motifs is 1. The van der Waals surface area contributed by atoms with E-state index in [0.717, 1.165) is 27.8 Å². The average Bonchev–Trinajstić information content (AvgIpc) is 3.28. The second-order valence-corrected chi connectivity index (χ2v) is 6.22. The van der Waals surface area contributed by atoms with Gasteiger partial charge in [0.2, 0.25) is 0 Å². The fraction of sp³-hybridized carbons (Fsp3) is 0.143. The minimum Gasteiger partial charge on any atom is -0.464 e. The molecule has 0 bridgehead atoms. The smallest absolute Gasteiger partial charge is 0.255 e. The van der Waals surface area contributed by atoms with Gasteiger partial charge in [-0.3, -0.25) is 9.48 Å². The van der Waals surface area contributed by atoms with Gasteiger partial charge in [0.15, 0.2) is 0 Å². The second kappa shape index (κ2) is 6.88. The number of aryl methyl sites for hydroxylation is 1. The lowest BCUT2D eigenvalue weighted by Crippen LogP contribution is -2.24. The van der Waals surface area contributed by atoms with E-state index in [9.17, 15) is 4.79 Å². The van der Waals surface area contributed by atoms with E-state index < -0.39 is 0 Å². The van der Waals surface area contributed by atoms with Crippen molar-refractivity contribution >= 4 is 16.9 Å². The van der Waals surface area contributed by atoms with Crippen LogP contribution >= 0.6 is 0 Å². The van der Waals surface area contributed by atoms with Crippen molar-refractivity contribution in [3.05, 3.63) is 89.4 Å². The van der Waals surface area contributed by atoms with E-state index in [2.05, 4.69) is 10.4 Å². The molecule has 0 atom stereocenters. The molecule has 0 radical (unpaired) electrons. The number of furan rings is 1. The van der Waals surface area contributed by atoms with Crippen molar-refractivity contribution in [2.45, 2.75) is 13.0 Å². The Hall–Kier alpha value is -3.34. The number of benzene rings is 2. The summed E-state index contributed by atoms with van der Waals surface area (Å²) in [6, 6.07) is 17.8. The summed E-state index contributed by atoms with van der Waals surface area (Å²) in [7, 11) is 1.86. The first kappa shape index (κ1) is 16.1. The Morgan fingerprint density at radius 2 is 1.96 bits per heavy atom. The molecule has 0 saturated carbocycles. The number of nitrogens with zero attached hydrogens (tertiary/aromatic N) is 2. The average molecular weight is 345 g/mol. The Bertz CT molecular complexity index is 1050. The van der Waals surface area contributed by atoms with Crippen molar-refractivity contribution in [3.8, 4) is 0 Å². The highest BCUT2D eigenvalue weighted by molar-refractivity contribution is 5.95. The number of hydrogen-bond donors (Lipinski definition) is 1. The quantitative estimate of drug-likeness (QED) is 0.600. The highest BCUT2D eigenvalue weighted by Gasteiger charge is 2.16. The van der Waals surface area contributed by atoms with Gasteiger partial charge in [-0.15, -0.1) is 0 Å². The summed E-state index contributed by atoms with van der Waals surface area (Å²) in [5, 5.41) is 8.29. The maximum absolute atomic E-state index is 12.7. The molecular weight excluding hydrogens is 326 g/mol. The zero-order chi connectivity index (χ0) is 17.9. The molecule has 0 aliphatic carbocycles. The zero-order valence-corrected chi connectivity index (χ0v) is 14.5. The molecule has 4 aromatic rings. The van der Waals surface area contributed by atoms with Crippen LogP contribution in [0.2, 0.25) is 0 Å². The number of hydrogen-bond acceptors (Lipinski definition) is 3. The molecule has 0 spiro atoms. The van der Waals surface area contributed by atoms with Crippen molar-refractivity contribution in [3.63, 3.8) is 0 Å². The highest BCUT2D eigenvalue weighted by Crippen LogP contribution is 2.20. The number of nitrogens with one attached hydrogen (secondary N) is 1. The van der Waals surface area contributed by atoms with Gasteiger partial charge in [0.25, 0.3) is 5.91 Å². The molecule has 0 saturated heterocycles. The van der Waals surface area contributed by atoms with Crippen LogP contribution < -0.4 is 5.32 Å². The molecule has 5 heteroatoms. The standard InChI is InChI=1S/C21H19N3O2/c1-24-19(12-15-6-3-2-4-7-15)18(14-23-24)21(25)22-13-16-8-5-9-20-17(16)10-11-26-20/h2-11,14H,12-13H2,1H3,(H,22,25). The largest absolute Gasteiger partial charge is 0.464 e. The van der Waals surface area contributed by atoms with Crippen LogP contribution in [0.15, 0.2) is 71.5 Å². The Morgan fingerprint density at radius 3 is 2.81 bits per heavy atom. The number of rotatable bonds is 5. The minimum atomic E-state index is -0.121. The molecule has 0 aliphatic heterocycles. The molecule has 0 aliphatic rings. The molecule has 1 amide bonds. The highest BCUT2D eigenvalue weighted by atomic mass is 16.3. The summed E-state index contributed by atoms with van der Waals surface area (Å²) in [6.45, 7) is 0.440. The Morgan fingerprint density at radius 1 is 1.12 bits per heavy atom. The van der Waals surface area contributed by atoms with E-state index in [-0.39, 0.29) is 5.91 Å².